The number of carbonyl (C=O) groups is 1. The van der Waals surface area contributed by atoms with Crippen LogP contribution in [0.15, 0.2) is 53.2 Å². The van der Waals surface area contributed by atoms with E-state index in [1.165, 1.54) is 43.4 Å². The van der Waals surface area contributed by atoms with Crippen LogP contribution in [0.1, 0.15) is 66.5 Å². The van der Waals surface area contributed by atoms with E-state index in [4.69, 9.17) is 14.2 Å². The number of amides is 1. The third-order valence-corrected chi connectivity index (χ3v) is 7.13. The minimum Gasteiger partial charge on any atom is -0.494 e. The lowest BCUT2D eigenvalue weighted by atomic mass is 9.89. The van der Waals surface area contributed by atoms with Crippen molar-refractivity contribution in [2.75, 3.05) is 18.6 Å². The number of anilines is 1. The highest BCUT2D eigenvalue weighted by molar-refractivity contribution is 6.05. The molecule has 1 fully saturated rings. The molecule has 36 heavy (non-hydrogen) atoms. The molecule has 0 saturated heterocycles. The van der Waals surface area contributed by atoms with Crippen LogP contribution in [0.5, 0.6) is 5.75 Å². The van der Waals surface area contributed by atoms with Gasteiger partial charge in [0.05, 0.1) is 18.5 Å². The summed E-state index contributed by atoms with van der Waals surface area (Å²) in [7, 11) is 1.75. The second-order valence-corrected chi connectivity index (χ2v) is 9.80. The summed E-state index contributed by atoms with van der Waals surface area (Å²) < 4.78 is 13.1. The first-order valence-electron chi connectivity index (χ1n) is 12.9. The molecular weight excluding hydrogens is 452 g/mol. The van der Waals surface area contributed by atoms with E-state index in [-0.39, 0.29) is 5.91 Å². The van der Waals surface area contributed by atoms with Crippen LogP contribution in [0.3, 0.4) is 0 Å². The van der Waals surface area contributed by atoms with Crippen molar-refractivity contribution in [3.05, 3.63) is 71.4 Å². The van der Waals surface area contributed by atoms with Crippen molar-refractivity contribution in [1.29, 1.82) is 0 Å². The van der Waals surface area contributed by atoms with Gasteiger partial charge in [-0.25, -0.2) is 4.98 Å². The highest BCUT2D eigenvalue weighted by atomic mass is 16.5. The van der Waals surface area contributed by atoms with Gasteiger partial charge in [0.1, 0.15) is 17.2 Å². The lowest BCUT2D eigenvalue weighted by Gasteiger charge is -2.23. The second-order valence-electron chi connectivity index (χ2n) is 9.80. The van der Waals surface area contributed by atoms with Crippen LogP contribution < -0.4 is 9.64 Å². The molecule has 0 spiro atoms. The van der Waals surface area contributed by atoms with Gasteiger partial charge in [0.25, 0.3) is 5.91 Å². The van der Waals surface area contributed by atoms with Crippen LogP contribution >= 0.6 is 0 Å². The molecule has 4 aromatic rings. The van der Waals surface area contributed by atoms with Crippen molar-refractivity contribution < 1.29 is 14.1 Å². The number of pyridine rings is 1. The van der Waals surface area contributed by atoms with Crippen LogP contribution in [0.25, 0.3) is 11.0 Å². The summed E-state index contributed by atoms with van der Waals surface area (Å²) in [5.41, 5.74) is 4.48. The fourth-order valence-corrected chi connectivity index (χ4v) is 5.19. The normalized spacial score (nSPS) is 14.3. The van der Waals surface area contributed by atoms with Gasteiger partial charge in [-0.15, -0.1) is 0 Å². The van der Waals surface area contributed by atoms with Gasteiger partial charge in [-0.3, -0.25) is 4.79 Å². The van der Waals surface area contributed by atoms with Gasteiger partial charge in [0.15, 0.2) is 5.69 Å². The summed E-state index contributed by atoms with van der Waals surface area (Å²) in [6.07, 6.45) is 9.11. The van der Waals surface area contributed by atoms with Gasteiger partial charge in [0, 0.05) is 37.2 Å². The summed E-state index contributed by atoms with van der Waals surface area (Å²) in [6.45, 7) is 5.42. The maximum atomic E-state index is 12.9. The zero-order chi connectivity index (χ0) is 25.1. The van der Waals surface area contributed by atoms with E-state index < -0.39 is 0 Å². The molecule has 0 radical (unpaired) electrons. The SMILES string of the molecule is CCOc1ccc(Cc2cc3cc(N(C)C(=O)c4cc(C)on4)cnc3n2CC2CCCCC2)cc1. The smallest absolute Gasteiger partial charge is 0.280 e. The van der Waals surface area contributed by atoms with Crippen molar-refractivity contribution in [2.45, 2.75) is 58.9 Å². The Bertz CT molecular complexity index is 1330. The topological polar surface area (TPSA) is 73.4 Å². The summed E-state index contributed by atoms with van der Waals surface area (Å²) >= 11 is 0. The van der Waals surface area contributed by atoms with Crippen molar-refractivity contribution in [2.24, 2.45) is 5.92 Å². The Hall–Kier alpha value is -3.61. The number of benzene rings is 1. The van der Waals surface area contributed by atoms with Crippen LogP contribution in [-0.2, 0) is 13.0 Å². The lowest BCUT2D eigenvalue weighted by molar-refractivity contribution is 0.0984. The largest absolute Gasteiger partial charge is 0.494 e. The molecule has 188 valence electrons. The maximum Gasteiger partial charge on any atom is 0.280 e. The fraction of sp³-hybridized carbons (Fsp3) is 0.414. The molecule has 1 saturated carbocycles. The van der Waals surface area contributed by atoms with Gasteiger partial charge in [-0.2, -0.15) is 0 Å². The third kappa shape index (κ3) is 5.15. The van der Waals surface area contributed by atoms with E-state index in [1.54, 1.807) is 31.1 Å². The highest BCUT2D eigenvalue weighted by Crippen LogP contribution is 2.30. The Balaban J connectivity index is 1.46. The van der Waals surface area contributed by atoms with E-state index >= 15 is 0 Å². The van der Waals surface area contributed by atoms with Gasteiger partial charge in [-0.05, 0) is 62.4 Å². The molecule has 0 aliphatic heterocycles. The molecule has 1 aliphatic carbocycles. The molecular formula is C29H34N4O3. The Labute approximate surface area is 212 Å². The molecule has 0 bridgehead atoms. The fourth-order valence-electron chi connectivity index (χ4n) is 5.19. The number of aryl methyl sites for hydroxylation is 1. The average Bonchev–Trinajstić information content (AvgIpc) is 3.48. The molecule has 1 amide bonds. The number of hydrogen-bond donors (Lipinski definition) is 0. The van der Waals surface area contributed by atoms with E-state index in [2.05, 4.69) is 27.9 Å². The zero-order valence-electron chi connectivity index (χ0n) is 21.4. The Morgan fingerprint density at radius 3 is 2.61 bits per heavy atom. The molecule has 3 aromatic heterocycles. The van der Waals surface area contributed by atoms with Gasteiger partial charge < -0.3 is 18.7 Å². The van der Waals surface area contributed by atoms with Crippen molar-refractivity contribution in [1.82, 2.24) is 14.7 Å². The molecule has 7 nitrogen and oxygen atoms in total. The first-order chi connectivity index (χ1) is 17.5. The van der Waals surface area contributed by atoms with E-state index in [1.807, 2.05) is 25.1 Å². The first kappa shape index (κ1) is 24.1. The third-order valence-electron chi connectivity index (χ3n) is 7.13. The molecule has 0 atom stereocenters. The number of fused-ring (bicyclic) bond motifs is 1. The predicted molar refractivity (Wildman–Crippen MR) is 141 cm³/mol. The van der Waals surface area contributed by atoms with Gasteiger partial charge in [-0.1, -0.05) is 36.6 Å². The number of hydrogen-bond acceptors (Lipinski definition) is 5. The van der Waals surface area contributed by atoms with Gasteiger partial charge in [0.2, 0.25) is 0 Å². The molecule has 7 heteroatoms. The monoisotopic (exact) mass is 486 g/mol. The van der Waals surface area contributed by atoms with Crippen molar-refractivity contribution in [3.8, 4) is 5.75 Å². The summed E-state index contributed by atoms with van der Waals surface area (Å²) in [5, 5.41) is 4.91. The Morgan fingerprint density at radius 1 is 1.14 bits per heavy atom. The molecule has 3 heterocycles. The Morgan fingerprint density at radius 2 is 1.92 bits per heavy atom. The number of nitrogens with zero attached hydrogens (tertiary/aromatic N) is 4. The summed E-state index contributed by atoms with van der Waals surface area (Å²) in [4.78, 5) is 19.3. The van der Waals surface area contributed by atoms with E-state index in [0.717, 1.165) is 35.4 Å². The molecule has 1 aliphatic rings. The van der Waals surface area contributed by atoms with E-state index in [9.17, 15) is 4.79 Å². The summed E-state index contributed by atoms with van der Waals surface area (Å²) in [6, 6.07) is 14.3. The number of aromatic nitrogens is 3. The molecule has 0 unspecified atom stereocenters. The maximum absolute atomic E-state index is 12.9. The van der Waals surface area contributed by atoms with Crippen molar-refractivity contribution in [3.63, 3.8) is 0 Å². The molecule has 0 N–H and O–H groups in total. The number of rotatable bonds is 8. The lowest BCUT2D eigenvalue weighted by Crippen LogP contribution is -2.26. The Kier molecular flexibility index (Phi) is 7.07. The molecule has 5 rings (SSSR count). The standard InChI is InChI=1S/C29H34N4O3/c1-4-35-26-12-10-21(11-13-26)15-24-16-23-17-25(32(3)29(34)27-14-20(2)36-31-27)18-30-28(23)33(24)19-22-8-6-5-7-9-22/h10-14,16-18,22H,4-9,15,19H2,1-3H3. The predicted octanol–water partition coefficient (Wildman–Crippen LogP) is 6.18. The van der Waals surface area contributed by atoms with Crippen LogP contribution in [0.4, 0.5) is 5.69 Å². The van der Waals surface area contributed by atoms with Crippen LogP contribution in [-0.4, -0.2) is 34.3 Å². The zero-order valence-corrected chi connectivity index (χ0v) is 21.4. The number of ether oxygens (including phenoxy) is 1. The second kappa shape index (κ2) is 10.6. The molecule has 1 aromatic carbocycles. The minimum absolute atomic E-state index is 0.218. The van der Waals surface area contributed by atoms with Crippen LogP contribution in [0, 0.1) is 12.8 Å². The highest BCUT2D eigenvalue weighted by Gasteiger charge is 2.21. The van der Waals surface area contributed by atoms with Crippen LogP contribution in [0.2, 0.25) is 0 Å². The quantitative estimate of drug-likeness (QED) is 0.297. The minimum atomic E-state index is -0.218. The van der Waals surface area contributed by atoms with Gasteiger partial charge >= 0.3 is 0 Å². The van der Waals surface area contributed by atoms with Crippen molar-refractivity contribution >= 4 is 22.6 Å². The van der Waals surface area contributed by atoms with E-state index in [0.29, 0.717) is 24.0 Å². The summed E-state index contributed by atoms with van der Waals surface area (Å²) in [5.74, 6) is 1.96. The number of carbonyl (C=O) groups excluding carboxylic acids is 1. The average molecular weight is 487 g/mol. The first-order valence-corrected chi connectivity index (χ1v) is 12.9.